The molecule has 0 spiro atoms. The molecule has 224 valence electrons. The number of aliphatic carboxylic acids is 1. The number of aromatic nitrogens is 2. The number of ether oxygens (including phenoxy) is 1. The van der Waals surface area contributed by atoms with Gasteiger partial charge in [-0.3, -0.25) is 9.69 Å². The normalized spacial score (nSPS) is 15.3. The minimum atomic E-state index is -4.70. The molecule has 2 aromatic carbocycles. The maximum atomic E-state index is 14.4. The Hall–Kier alpha value is -3.99. The summed E-state index contributed by atoms with van der Waals surface area (Å²) in [7, 11) is 0. The van der Waals surface area contributed by atoms with E-state index in [0.717, 1.165) is 12.0 Å². The molecule has 4 rings (SSSR count). The van der Waals surface area contributed by atoms with E-state index < -0.39 is 30.4 Å². The topological polar surface area (TPSA) is 67.6 Å². The van der Waals surface area contributed by atoms with E-state index in [-0.39, 0.29) is 43.3 Å². The molecule has 42 heavy (non-hydrogen) atoms. The van der Waals surface area contributed by atoms with Crippen LogP contribution in [-0.2, 0) is 30.6 Å². The van der Waals surface area contributed by atoms with Gasteiger partial charge in [0.2, 0.25) is 0 Å². The standard InChI is InChI=1S/C31H32F5N3O3/c1-2-3-17-39-26(27(31(34,35)36)37-28(39)23-7-5-4-6-8-23)20-38(18-21-9-13-24(14-10-21)29(40)41)19-22-11-15-25(16-12-22)42-30(32)33/h4-13,15-16,24,30H,2-3,14,17-20H2,1H3,(H,40,41). The lowest BCUT2D eigenvalue weighted by atomic mass is 9.96. The summed E-state index contributed by atoms with van der Waals surface area (Å²) in [6.45, 7) is -0.357. The van der Waals surface area contributed by atoms with Gasteiger partial charge in [0.25, 0.3) is 0 Å². The number of allylic oxidation sites excluding steroid dienone is 1. The first-order chi connectivity index (χ1) is 20.0. The summed E-state index contributed by atoms with van der Waals surface area (Å²) >= 11 is 0. The highest BCUT2D eigenvalue weighted by atomic mass is 19.4. The van der Waals surface area contributed by atoms with Crippen LogP contribution in [0.25, 0.3) is 11.4 Å². The van der Waals surface area contributed by atoms with Gasteiger partial charge in [-0.2, -0.15) is 22.0 Å². The van der Waals surface area contributed by atoms with Crippen molar-refractivity contribution in [2.75, 3.05) is 6.54 Å². The third kappa shape index (κ3) is 8.06. The number of rotatable bonds is 13. The number of nitrogens with zero attached hydrogens (tertiary/aromatic N) is 3. The summed E-state index contributed by atoms with van der Waals surface area (Å²) in [6, 6.07) is 14.7. The average Bonchev–Trinajstić information content (AvgIpc) is 3.32. The Morgan fingerprint density at radius 1 is 1.10 bits per heavy atom. The molecule has 0 amide bonds. The highest BCUT2D eigenvalue weighted by Crippen LogP contribution is 2.36. The number of carbonyl (C=O) groups is 1. The van der Waals surface area contributed by atoms with Gasteiger partial charge in [-0.15, -0.1) is 0 Å². The SMILES string of the molecule is CCCCn1c(-c2ccccc2)nc(C(F)(F)F)c1CN(CC1=CCC(C(=O)O)C=C1)Cc1ccc(OC(F)F)cc1. The largest absolute Gasteiger partial charge is 0.481 e. The number of alkyl halides is 5. The first kappa shape index (κ1) is 31.0. The van der Waals surface area contributed by atoms with E-state index >= 15 is 0 Å². The Morgan fingerprint density at radius 2 is 1.81 bits per heavy atom. The Balaban J connectivity index is 1.72. The van der Waals surface area contributed by atoms with Crippen LogP contribution in [0.15, 0.2) is 78.4 Å². The van der Waals surface area contributed by atoms with Crippen LogP contribution in [0.2, 0.25) is 0 Å². The van der Waals surface area contributed by atoms with E-state index in [1.807, 2.05) is 11.8 Å². The predicted octanol–water partition coefficient (Wildman–Crippen LogP) is 7.56. The molecule has 0 radical (unpaired) electrons. The molecule has 1 aliphatic rings. The molecule has 1 aromatic heterocycles. The van der Waals surface area contributed by atoms with Gasteiger partial charge in [-0.25, -0.2) is 4.98 Å². The summed E-state index contributed by atoms with van der Waals surface area (Å²) < 4.78 is 74.6. The van der Waals surface area contributed by atoms with Crippen molar-refractivity contribution in [3.8, 4) is 17.1 Å². The van der Waals surface area contributed by atoms with Crippen LogP contribution in [-0.4, -0.2) is 38.7 Å². The van der Waals surface area contributed by atoms with E-state index in [1.54, 1.807) is 65.3 Å². The Bertz CT molecular complexity index is 1400. The fourth-order valence-corrected chi connectivity index (χ4v) is 4.88. The highest BCUT2D eigenvalue weighted by Gasteiger charge is 2.39. The van der Waals surface area contributed by atoms with Gasteiger partial charge >= 0.3 is 18.8 Å². The summed E-state index contributed by atoms with van der Waals surface area (Å²) in [5.41, 5.74) is 1.08. The van der Waals surface area contributed by atoms with Crippen molar-refractivity contribution < 1.29 is 36.6 Å². The second kappa shape index (κ2) is 13.8. The van der Waals surface area contributed by atoms with Gasteiger partial charge in [-0.05, 0) is 36.1 Å². The minimum Gasteiger partial charge on any atom is -0.481 e. The van der Waals surface area contributed by atoms with Crippen molar-refractivity contribution in [1.29, 1.82) is 0 Å². The lowest BCUT2D eigenvalue weighted by molar-refractivity contribution is -0.142. The van der Waals surface area contributed by atoms with Crippen molar-refractivity contribution >= 4 is 5.97 Å². The van der Waals surface area contributed by atoms with Crippen LogP contribution >= 0.6 is 0 Å². The number of benzene rings is 2. The number of hydrogen-bond acceptors (Lipinski definition) is 4. The zero-order valence-electron chi connectivity index (χ0n) is 23.0. The summed E-state index contributed by atoms with van der Waals surface area (Å²) in [6.07, 6.45) is 2.03. The van der Waals surface area contributed by atoms with E-state index in [2.05, 4.69) is 9.72 Å². The Labute approximate surface area is 240 Å². The van der Waals surface area contributed by atoms with Crippen molar-refractivity contribution in [2.24, 2.45) is 5.92 Å². The molecule has 6 nitrogen and oxygen atoms in total. The molecular formula is C31H32F5N3O3. The van der Waals surface area contributed by atoms with Crippen molar-refractivity contribution in [2.45, 2.75) is 58.6 Å². The van der Waals surface area contributed by atoms with Crippen LogP contribution < -0.4 is 4.74 Å². The molecule has 1 aliphatic carbocycles. The molecule has 0 saturated carbocycles. The van der Waals surface area contributed by atoms with E-state index in [1.165, 1.54) is 12.1 Å². The maximum absolute atomic E-state index is 14.4. The molecular weight excluding hydrogens is 557 g/mol. The monoisotopic (exact) mass is 589 g/mol. The second-order valence-corrected chi connectivity index (χ2v) is 10.1. The first-order valence-corrected chi connectivity index (χ1v) is 13.6. The molecule has 11 heteroatoms. The third-order valence-electron chi connectivity index (χ3n) is 6.94. The molecule has 1 heterocycles. The third-order valence-corrected chi connectivity index (χ3v) is 6.94. The zero-order chi connectivity index (χ0) is 30.3. The fourth-order valence-electron chi connectivity index (χ4n) is 4.88. The van der Waals surface area contributed by atoms with Gasteiger partial charge in [-0.1, -0.05) is 74.0 Å². The lowest BCUT2D eigenvalue weighted by Gasteiger charge is -2.26. The van der Waals surface area contributed by atoms with Gasteiger partial charge in [0, 0.05) is 31.7 Å². The average molecular weight is 590 g/mol. The molecule has 0 aliphatic heterocycles. The van der Waals surface area contributed by atoms with E-state index in [4.69, 9.17) is 0 Å². The quantitative estimate of drug-likeness (QED) is 0.209. The predicted molar refractivity (Wildman–Crippen MR) is 148 cm³/mol. The van der Waals surface area contributed by atoms with Crippen LogP contribution in [0.1, 0.15) is 43.1 Å². The number of halogens is 5. The second-order valence-electron chi connectivity index (χ2n) is 10.1. The van der Waals surface area contributed by atoms with Crippen LogP contribution in [0.3, 0.4) is 0 Å². The molecule has 1 atom stereocenters. The van der Waals surface area contributed by atoms with Crippen LogP contribution in [0.5, 0.6) is 5.75 Å². The van der Waals surface area contributed by atoms with E-state index in [9.17, 15) is 31.9 Å². The molecule has 1 unspecified atom stereocenters. The number of unbranched alkanes of at least 4 members (excludes halogenated alkanes) is 1. The van der Waals surface area contributed by atoms with Crippen LogP contribution in [0, 0.1) is 5.92 Å². The van der Waals surface area contributed by atoms with Crippen molar-refractivity contribution in [3.63, 3.8) is 0 Å². The van der Waals surface area contributed by atoms with Gasteiger partial charge in [0.15, 0.2) is 5.69 Å². The van der Waals surface area contributed by atoms with Gasteiger partial charge in [0.1, 0.15) is 11.6 Å². The summed E-state index contributed by atoms with van der Waals surface area (Å²) in [5.74, 6) is -1.40. The summed E-state index contributed by atoms with van der Waals surface area (Å²) in [4.78, 5) is 17.3. The Kier molecular flexibility index (Phi) is 10.2. The smallest absolute Gasteiger partial charge is 0.435 e. The Morgan fingerprint density at radius 3 is 2.38 bits per heavy atom. The fraction of sp³-hybridized carbons (Fsp3) is 0.355. The molecule has 0 saturated heterocycles. The highest BCUT2D eigenvalue weighted by molar-refractivity contribution is 5.73. The maximum Gasteiger partial charge on any atom is 0.435 e. The molecule has 1 N–H and O–H groups in total. The van der Waals surface area contributed by atoms with Gasteiger partial charge in [0.05, 0.1) is 11.6 Å². The summed E-state index contributed by atoms with van der Waals surface area (Å²) in [5, 5.41) is 9.31. The lowest BCUT2D eigenvalue weighted by Crippen LogP contribution is -2.28. The first-order valence-electron chi connectivity index (χ1n) is 13.6. The number of carboxylic acid groups (broad SMARTS) is 1. The molecule has 3 aromatic rings. The number of hydrogen-bond donors (Lipinski definition) is 1. The zero-order valence-corrected chi connectivity index (χ0v) is 23.0. The van der Waals surface area contributed by atoms with Crippen molar-refractivity contribution in [1.82, 2.24) is 14.5 Å². The molecule has 0 bridgehead atoms. The van der Waals surface area contributed by atoms with Crippen LogP contribution in [0.4, 0.5) is 22.0 Å². The minimum absolute atomic E-state index is 0.0243. The van der Waals surface area contributed by atoms with E-state index in [0.29, 0.717) is 24.1 Å². The van der Waals surface area contributed by atoms with Crippen molar-refractivity contribution in [3.05, 3.63) is 95.3 Å². The van der Waals surface area contributed by atoms with Gasteiger partial charge < -0.3 is 14.4 Å². The molecule has 0 fully saturated rings. The number of carboxylic acids is 1. The number of imidazole rings is 1.